The molecule has 12 heavy (non-hydrogen) atoms. The lowest BCUT2D eigenvalue weighted by atomic mass is 9.84. The largest absolute Gasteiger partial charge is 0.379 e. The summed E-state index contributed by atoms with van der Waals surface area (Å²) >= 11 is 5.66. The summed E-state index contributed by atoms with van der Waals surface area (Å²) in [6.45, 7) is 4.32. The quantitative estimate of drug-likeness (QED) is 0.624. The lowest BCUT2D eigenvalue weighted by Gasteiger charge is -2.50. The van der Waals surface area contributed by atoms with Gasteiger partial charge in [-0.25, -0.2) is 0 Å². The average Bonchev–Trinajstić information content (AvgIpc) is 2.53. The highest BCUT2D eigenvalue weighted by molar-refractivity contribution is 6.17. The van der Waals surface area contributed by atoms with Crippen molar-refractivity contribution in [3.05, 3.63) is 0 Å². The van der Waals surface area contributed by atoms with Crippen LogP contribution in [-0.4, -0.2) is 42.6 Å². The predicted molar refractivity (Wildman–Crippen MR) is 49.7 cm³/mol. The maximum atomic E-state index is 5.66. The molecule has 2 rings (SSSR count). The number of nitrogens with zero attached hydrogens (tertiary/aromatic N) is 1. The van der Waals surface area contributed by atoms with E-state index >= 15 is 0 Å². The zero-order valence-electron chi connectivity index (χ0n) is 7.39. The van der Waals surface area contributed by atoms with Crippen LogP contribution in [0.3, 0.4) is 0 Å². The van der Waals surface area contributed by atoms with E-state index in [0.29, 0.717) is 5.54 Å². The molecule has 0 aromatic carbocycles. The van der Waals surface area contributed by atoms with Gasteiger partial charge >= 0.3 is 0 Å². The fourth-order valence-corrected chi connectivity index (χ4v) is 2.35. The molecule has 0 N–H and O–H groups in total. The van der Waals surface area contributed by atoms with Crippen LogP contribution < -0.4 is 0 Å². The number of rotatable bonds is 3. The standard InChI is InChI=1S/C9H16ClNO/c10-4-1-5-11-6-2-9(11)3-7-12-8-9/h1-8H2. The second-order valence-electron chi connectivity index (χ2n) is 3.81. The van der Waals surface area contributed by atoms with Crippen molar-refractivity contribution >= 4 is 11.6 Å². The van der Waals surface area contributed by atoms with Crippen LogP contribution in [0.15, 0.2) is 0 Å². The monoisotopic (exact) mass is 189 g/mol. The summed E-state index contributed by atoms with van der Waals surface area (Å²) in [5.74, 6) is 0.785. The number of alkyl halides is 1. The van der Waals surface area contributed by atoms with Crippen LogP contribution >= 0.6 is 11.6 Å². The van der Waals surface area contributed by atoms with E-state index in [1.165, 1.54) is 19.4 Å². The Morgan fingerprint density at radius 1 is 1.42 bits per heavy atom. The third-order valence-electron chi connectivity index (χ3n) is 3.16. The molecule has 1 unspecified atom stereocenters. The van der Waals surface area contributed by atoms with Crippen molar-refractivity contribution in [3.8, 4) is 0 Å². The molecule has 2 nitrogen and oxygen atoms in total. The second-order valence-corrected chi connectivity index (χ2v) is 4.18. The van der Waals surface area contributed by atoms with Crippen molar-refractivity contribution in [3.63, 3.8) is 0 Å². The van der Waals surface area contributed by atoms with Crippen LogP contribution in [-0.2, 0) is 4.74 Å². The van der Waals surface area contributed by atoms with Crippen LogP contribution in [0, 0.1) is 0 Å². The Morgan fingerprint density at radius 3 is 2.83 bits per heavy atom. The van der Waals surface area contributed by atoms with Gasteiger partial charge in [-0.1, -0.05) is 0 Å². The van der Waals surface area contributed by atoms with Crippen LogP contribution in [0.4, 0.5) is 0 Å². The van der Waals surface area contributed by atoms with Crippen LogP contribution in [0.25, 0.3) is 0 Å². The van der Waals surface area contributed by atoms with E-state index in [1.807, 2.05) is 0 Å². The topological polar surface area (TPSA) is 12.5 Å². The molecule has 0 radical (unpaired) electrons. The van der Waals surface area contributed by atoms with Crippen molar-refractivity contribution in [1.29, 1.82) is 0 Å². The zero-order chi connectivity index (χ0) is 8.44. The fourth-order valence-electron chi connectivity index (χ4n) is 2.23. The van der Waals surface area contributed by atoms with E-state index in [-0.39, 0.29) is 0 Å². The van der Waals surface area contributed by atoms with E-state index in [2.05, 4.69) is 4.90 Å². The van der Waals surface area contributed by atoms with Crippen molar-refractivity contribution in [1.82, 2.24) is 4.90 Å². The van der Waals surface area contributed by atoms with E-state index in [4.69, 9.17) is 16.3 Å². The van der Waals surface area contributed by atoms with E-state index in [9.17, 15) is 0 Å². The molecule has 3 heteroatoms. The molecule has 2 aliphatic rings. The molecule has 0 aromatic rings. The highest BCUT2D eigenvalue weighted by Crippen LogP contribution is 2.37. The van der Waals surface area contributed by atoms with Gasteiger partial charge in [0.25, 0.3) is 0 Å². The minimum absolute atomic E-state index is 0.437. The normalized spacial score (nSPS) is 35.8. The van der Waals surface area contributed by atoms with E-state index in [0.717, 1.165) is 32.1 Å². The highest BCUT2D eigenvalue weighted by atomic mass is 35.5. The summed E-state index contributed by atoms with van der Waals surface area (Å²) in [7, 11) is 0. The van der Waals surface area contributed by atoms with Crippen LogP contribution in [0.5, 0.6) is 0 Å². The first-order valence-electron chi connectivity index (χ1n) is 4.76. The van der Waals surface area contributed by atoms with Gasteiger partial charge in [0.05, 0.1) is 6.61 Å². The molecule has 2 heterocycles. The van der Waals surface area contributed by atoms with Gasteiger partial charge in [-0.3, -0.25) is 4.90 Å². The average molecular weight is 190 g/mol. The van der Waals surface area contributed by atoms with Crippen molar-refractivity contribution < 1.29 is 4.74 Å². The predicted octanol–water partition coefficient (Wildman–Crippen LogP) is 1.48. The Kier molecular flexibility index (Phi) is 2.58. The maximum Gasteiger partial charge on any atom is 0.0651 e. The van der Waals surface area contributed by atoms with Gasteiger partial charge < -0.3 is 4.74 Å². The van der Waals surface area contributed by atoms with Gasteiger partial charge in [-0.2, -0.15) is 0 Å². The molecule has 1 atom stereocenters. The Labute approximate surface area is 78.8 Å². The first-order chi connectivity index (χ1) is 5.87. The zero-order valence-corrected chi connectivity index (χ0v) is 8.15. The lowest BCUT2D eigenvalue weighted by molar-refractivity contribution is -0.0200. The van der Waals surface area contributed by atoms with Crippen molar-refractivity contribution in [2.24, 2.45) is 0 Å². The van der Waals surface area contributed by atoms with Gasteiger partial charge in [0.2, 0.25) is 0 Å². The summed E-state index contributed by atoms with van der Waals surface area (Å²) in [5, 5.41) is 0. The molecule has 0 bridgehead atoms. The van der Waals surface area contributed by atoms with Crippen LogP contribution in [0.2, 0.25) is 0 Å². The second kappa shape index (κ2) is 3.52. The van der Waals surface area contributed by atoms with Crippen molar-refractivity contribution in [2.45, 2.75) is 24.8 Å². The molecule has 2 saturated heterocycles. The molecular formula is C9H16ClNO. The number of hydrogen-bond acceptors (Lipinski definition) is 2. The summed E-state index contributed by atoms with van der Waals surface area (Å²) in [5.41, 5.74) is 0.437. The first kappa shape index (κ1) is 8.79. The molecule has 2 fully saturated rings. The van der Waals surface area contributed by atoms with E-state index in [1.54, 1.807) is 0 Å². The van der Waals surface area contributed by atoms with Gasteiger partial charge in [-0.05, 0) is 25.8 Å². The third kappa shape index (κ3) is 1.36. The minimum Gasteiger partial charge on any atom is -0.379 e. The first-order valence-corrected chi connectivity index (χ1v) is 5.30. The highest BCUT2D eigenvalue weighted by Gasteiger charge is 2.46. The number of ether oxygens (including phenoxy) is 1. The lowest BCUT2D eigenvalue weighted by Crippen LogP contribution is -2.60. The SMILES string of the molecule is ClCCCN1CCC12CCOC2. The molecular weight excluding hydrogens is 174 g/mol. The molecule has 2 aliphatic heterocycles. The Morgan fingerprint density at radius 2 is 2.33 bits per heavy atom. The fraction of sp³-hybridized carbons (Fsp3) is 1.00. The maximum absolute atomic E-state index is 5.66. The summed E-state index contributed by atoms with van der Waals surface area (Å²) in [6, 6.07) is 0. The molecule has 0 amide bonds. The summed E-state index contributed by atoms with van der Waals surface area (Å²) in [6.07, 6.45) is 3.67. The molecule has 0 aliphatic carbocycles. The van der Waals surface area contributed by atoms with Gasteiger partial charge in [-0.15, -0.1) is 11.6 Å². The third-order valence-corrected chi connectivity index (χ3v) is 3.43. The van der Waals surface area contributed by atoms with Gasteiger partial charge in [0.1, 0.15) is 0 Å². The number of halogens is 1. The van der Waals surface area contributed by atoms with Gasteiger partial charge in [0.15, 0.2) is 0 Å². The Balaban J connectivity index is 1.83. The van der Waals surface area contributed by atoms with E-state index < -0.39 is 0 Å². The number of likely N-dealkylation sites (tertiary alicyclic amines) is 1. The van der Waals surface area contributed by atoms with Crippen molar-refractivity contribution in [2.75, 3.05) is 32.2 Å². The Bertz CT molecular complexity index is 157. The Hall–Kier alpha value is 0.210. The smallest absolute Gasteiger partial charge is 0.0651 e. The minimum atomic E-state index is 0.437. The summed E-state index contributed by atoms with van der Waals surface area (Å²) in [4.78, 5) is 2.54. The summed E-state index contributed by atoms with van der Waals surface area (Å²) < 4.78 is 5.44. The molecule has 0 saturated carbocycles. The van der Waals surface area contributed by atoms with Crippen LogP contribution in [0.1, 0.15) is 19.3 Å². The molecule has 1 spiro atoms. The number of hydrogen-bond donors (Lipinski definition) is 0. The van der Waals surface area contributed by atoms with Gasteiger partial charge in [0, 0.05) is 24.6 Å². The molecule has 70 valence electrons. The molecule has 0 aromatic heterocycles.